The van der Waals surface area contributed by atoms with Crippen LogP contribution in [0.5, 0.6) is 0 Å². The van der Waals surface area contributed by atoms with Crippen molar-refractivity contribution in [2.75, 3.05) is 19.5 Å². The third kappa shape index (κ3) is 4.42. The number of nitriles is 1. The van der Waals surface area contributed by atoms with E-state index in [9.17, 15) is 4.79 Å². The number of amidine groups is 1. The molecule has 0 unspecified atom stereocenters. The van der Waals surface area contributed by atoms with Crippen LogP contribution in [0.3, 0.4) is 0 Å². The van der Waals surface area contributed by atoms with Crippen molar-refractivity contribution in [3.8, 4) is 17.2 Å². The zero-order chi connectivity index (χ0) is 18.4. The number of rotatable bonds is 5. The van der Waals surface area contributed by atoms with Gasteiger partial charge in [-0.25, -0.2) is 0 Å². The molecule has 0 aliphatic heterocycles. The van der Waals surface area contributed by atoms with E-state index in [0.717, 1.165) is 11.1 Å². The van der Waals surface area contributed by atoms with E-state index in [1.807, 2.05) is 24.3 Å². The van der Waals surface area contributed by atoms with Crippen LogP contribution in [0.1, 0.15) is 10.4 Å². The molecule has 2 aromatic rings. The van der Waals surface area contributed by atoms with Gasteiger partial charge in [0, 0.05) is 19.7 Å². The Kier molecular flexibility index (Phi) is 5.48. The molecule has 0 aromatic heterocycles. The molecule has 0 bridgehead atoms. The van der Waals surface area contributed by atoms with E-state index < -0.39 is 0 Å². The van der Waals surface area contributed by atoms with Gasteiger partial charge in [-0.15, -0.1) is 0 Å². The minimum atomic E-state index is -0.390. The van der Waals surface area contributed by atoms with Crippen LogP contribution in [0, 0.1) is 16.7 Å². The third-order valence-corrected chi connectivity index (χ3v) is 3.41. The Labute approximate surface area is 145 Å². The Bertz CT molecular complexity index is 845. The SMILES string of the molecule is CN(C)C(=O)c1ccc(-c2ccc(N/N=C(\C#N)C(=N)N)cc2)cc1. The summed E-state index contributed by atoms with van der Waals surface area (Å²) in [5.74, 6) is -0.429. The van der Waals surface area contributed by atoms with Gasteiger partial charge < -0.3 is 10.6 Å². The molecule has 0 aliphatic carbocycles. The summed E-state index contributed by atoms with van der Waals surface area (Å²) in [5, 5.41) is 19.8. The highest BCUT2D eigenvalue weighted by Crippen LogP contribution is 2.22. The predicted octanol–water partition coefficient (Wildman–Crippen LogP) is 2.28. The number of nitrogens with one attached hydrogen (secondary N) is 2. The monoisotopic (exact) mass is 334 g/mol. The standard InChI is InChI=1S/C18H18N6O/c1-24(2)18(25)14-5-3-12(4-6-14)13-7-9-15(10-8-13)22-23-16(11-19)17(20)21/h3-10,22H,1-2H3,(H3,20,21)/b23-16+. The average Bonchev–Trinajstić information content (AvgIpc) is 2.62. The van der Waals surface area contributed by atoms with E-state index in [1.54, 1.807) is 44.4 Å². The first-order valence-corrected chi connectivity index (χ1v) is 7.42. The first kappa shape index (κ1) is 17.7. The molecular formula is C18H18N6O. The largest absolute Gasteiger partial charge is 0.382 e. The second-order valence-electron chi connectivity index (χ2n) is 5.45. The van der Waals surface area contributed by atoms with Crippen molar-refractivity contribution in [2.24, 2.45) is 10.8 Å². The minimum Gasteiger partial charge on any atom is -0.382 e. The topological polar surface area (TPSA) is 118 Å². The summed E-state index contributed by atoms with van der Waals surface area (Å²) in [5.41, 5.74) is 11.0. The number of hydrogen-bond donors (Lipinski definition) is 3. The number of nitrogens with two attached hydrogens (primary N) is 1. The lowest BCUT2D eigenvalue weighted by Crippen LogP contribution is -2.21. The highest BCUT2D eigenvalue weighted by molar-refractivity contribution is 6.45. The Morgan fingerprint density at radius 1 is 1.12 bits per heavy atom. The fraction of sp³-hybridized carbons (Fsp3) is 0.111. The Hall–Kier alpha value is -3.66. The van der Waals surface area contributed by atoms with Crippen LogP contribution >= 0.6 is 0 Å². The van der Waals surface area contributed by atoms with Gasteiger partial charge in [0.05, 0.1) is 5.69 Å². The molecule has 0 heterocycles. The number of hydrogen-bond acceptors (Lipinski definition) is 5. The molecule has 0 fully saturated rings. The van der Waals surface area contributed by atoms with Crippen LogP contribution in [0.25, 0.3) is 11.1 Å². The van der Waals surface area contributed by atoms with Crippen molar-refractivity contribution in [2.45, 2.75) is 0 Å². The summed E-state index contributed by atoms with van der Waals surface area (Å²) in [4.78, 5) is 13.4. The van der Waals surface area contributed by atoms with Crippen molar-refractivity contribution in [3.63, 3.8) is 0 Å². The minimum absolute atomic E-state index is 0.0391. The number of carbonyl (C=O) groups is 1. The smallest absolute Gasteiger partial charge is 0.253 e. The molecule has 126 valence electrons. The molecular weight excluding hydrogens is 316 g/mol. The zero-order valence-corrected chi connectivity index (χ0v) is 13.9. The number of amides is 1. The lowest BCUT2D eigenvalue weighted by atomic mass is 10.0. The van der Waals surface area contributed by atoms with E-state index in [0.29, 0.717) is 11.3 Å². The highest BCUT2D eigenvalue weighted by Gasteiger charge is 2.07. The van der Waals surface area contributed by atoms with Gasteiger partial charge in [-0.2, -0.15) is 10.4 Å². The van der Waals surface area contributed by atoms with E-state index in [-0.39, 0.29) is 17.5 Å². The van der Waals surface area contributed by atoms with Crippen LogP contribution in [-0.2, 0) is 0 Å². The molecule has 0 aliphatic rings. The second-order valence-corrected chi connectivity index (χ2v) is 5.45. The molecule has 1 amide bonds. The number of carbonyl (C=O) groups excluding carboxylic acids is 1. The normalized spacial score (nSPS) is 10.7. The molecule has 2 rings (SSSR count). The van der Waals surface area contributed by atoms with Gasteiger partial charge in [-0.1, -0.05) is 24.3 Å². The third-order valence-electron chi connectivity index (χ3n) is 3.41. The fourth-order valence-corrected chi connectivity index (χ4v) is 2.07. The highest BCUT2D eigenvalue weighted by atomic mass is 16.2. The van der Waals surface area contributed by atoms with Gasteiger partial charge >= 0.3 is 0 Å². The van der Waals surface area contributed by atoms with Gasteiger partial charge in [0.25, 0.3) is 5.91 Å². The zero-order valence-electron chi connectivity index (χ0n) is 13.9. The molecule has 0 radical (unpaired) electrons. The number of benzene rings is 2. The van der Waals surface area contributed by atoms with Crippen molar-refractivity contribution in [1.29, 1.82) is 10.7 Å². The van der Waals surface area contributed by atoms with E-state index in [4.69, 9.17) is 16.4 Å². The van der Waals surface area contributed by atoms with Crippen LogP contribution in [0.4, 0.5) is 5.69 Å². The van der Waals surface area contributed by atoms with E-state index >= 15 is 0 Å². The molecule has 0 atom stereocenters. The van der Waals surface area contributed by atoms with Crippen LogP contribution in [-0.4, -0.2) is 36.4 Å². The van der Waals surface area contributed by atoms with Crippen molar-refractivity contribution in [3.05, 3.63) is 54.1 Å². The summed E-state index contributed by atoms with van der Waals surface area (Å²) in [6, 6.07) is 16.5. The van der Waals surface area contributed by atoms with Crippen LogP contribution < -0.4 is 11.2 Å². The lowest BCUT2D eigenvalue weighted by Gasteiger charge is -2.10. The van der Waals surface area contributed by atoms with Crippen molar-refractivity contribution in [1.82, 2.24) is 4.90 Å². The maximum absolute atomic E-state index is 11.9. The maximum atomic E-state index is 11.9. The number of hydrazone groups is 1. The molecule has 0 saturated carbocycles. The second kappa shape index (κ2) is 7.75. The Morgan fingerprint density at radius 2 is 1.64 bits per heavy atom. The molecule has 0 spiro atoms. The summed E-state index contributed by atoms with van der Waals surface area (Å²) in [7, 11) is 3.43. The van der Waals surface area contributed by atoms with Gasteiger partial charge in [-0.05, 0) is 35.4 Å². The van der Waals surface area contributed by atoms with Crippen LogP contribution in [0.2, 0.25) is 0 Å². The Morgan fingerprint density at radius 3 is 2.08 bits per heavy atom. The predicted molar refractivity (Wildman–Crippen MR) is 98.5 cm³/mol. The first-order chi connectivity index (χ1) is 11.9. The van der Waals surface area contributed by atoms with Crippen molar-refractivity contribution >= 4 is 23.1 Å². The summed E-state index contributed by atoms with van der Waals surface area (Å²) in [6.07, 6.45) is 0. The number of anilines is 1. The molecule has 7 nitrogen and oxygen atoms in total. The van der Waals surface area contributed by atoms with Gasteiger partial charge in [0.15, 0.2) is 5.84 Å². The molecule has 25 heavy (non-hydrogen) atoms. The molecule has 0 saturated heterocycles. The van der Waals surface area contributed by atoms with Gasteiger partial charge in [0.1, 0.15) is 6.07 Å². The number of nitrogens with zero attached hydrogens (tertiary/aromatic N) is 3. The molecule has 2 aromatic carbocycles. The van der Waals surface area contributed by atoms with Gasteiger partial charge in [-0.3, -0.25) is 15.6 Å². The summed E-state index contributed by atoms with van der Waals surface area (Å²) in [6.45, 7) is 0. The van der Waals surface area contributed by atoms with E-state index in [1.165, 1.54) is 4.90 Å². The van der Waals surface area contributed by atoms with Gasteiger partial charge in [0.2, 0.25) is 5.71 Å². The summed E-state index contributed by atoms with van der Waals surface area (Å²) < 4.78 is 0. The quantitative estimate of drug-likeness (QED) is 0.441. The Balaban J connectivity index is 2.14. The summed E-state index contributed by atoms with van der Waals surface area (Å²) >= 11 is 0. The maximum Gasteiger partial charge on any atom is 0.253 e. The molecule has 4 N–H and O–H groups in total. The fourth-order valence-electron chi connectivity index (χ4n) is 2.07. The first-order valence-electron chi connectivity index (χ1n) is 7.42. The molecule has 7 heteroatoms. The van der Waals surface area contributed by atoms with Crippen LogP contribution in [0.15, 0.2) is 53.6 Å². The average molecular weight is 334 g/mol. The van der Waals surface area contributed by atoms with E-state index in [2.05, 4.69) is 10.5 Å². The van der Waals surface area contributed by atoms with Crippen molar-refractivity contribution < 1.29 is 4.79 Å². The lowest BCUT2D eigenvalue weighted by molar-refractivity contribution is 0.0827.